The molecular formula is C13H22N2OS. The summed E-state index contributed by atoms with van der Waals surface area (Å²) in [5.74, 6) is 0. The van der Waals surface area contributed by atoms with Crippen LogP contribution in [0.3, 0.4) is 0 Å². The molecular weight excluding hydrogens is 232 g/mol. The van der Waals surface area contributed by atoms with Gasteiger partial charge < -0.3 is 10.1 Å². The van der Waals surface area contributed by atoms with Gasteiger partial charge >= 0.3 is 0 Å². The normalized spacial score (nSPS) is 17.5. The summed E-state index contributed by atoms with van der Waals surface area (Å²) in [5.41, 5.74) is 2.86. The molecule has 0 spiro atoms. The zero-order chi connectivity index (χ0) is 11.9. The van der Waals surface area contributed by atoms with E-state index in [0.29, 0.717) is 0 Å². The van der Waals surface area contributed by atoms with Crippen LogP contribution in [0.4, 0.5) is 0 Å². The minimum absolute atomic E-state index is 0.904. The third-order valence-electron chi connectivity index (χ3n) is 3.21. The van der Waals surface area contributed by atoms with Gasteiger partial charge in [-0.25, -0.2) is 0 Å². The zero-order valence-corrected chi connectivity index (χ0v) is 11.4. The minimum atomic E-state index is 0.904. The SMILES string of the molecule is Cc1cscc1CNCCCN1CCOCC1. The molecule has 0 radical (unpaired) electrons. The van der Waals surface area contributed by atoms with E-state index in [1.165, 1.54) is 24.1 Å². The highest BCUT2D eigenvalue weighted by Gasteiger charge is 2.08. The van der Waals surface area contributed by atoms with Gasteiger partial charge in [0.2, 0.25) is 0 Å². The number of thiophene rings is 1. The van der Waals surface area contributed by atoms with Crippen LogP contribution < -0.4 is 5.32 Å². The van der Waals surface area contributed by atoms with Crippen LogP contribution in [0.25, 0.3) is 0 Å². The van der Waals surface area contributed by atoms with Gasteiger partial charge in [0, 0.05) is 19.6 Å². The molecule has 2 rings (SSSR count). The fourth-order valence-corrected chi connectivity index (χ4v) is 2.90. The van der Waals surface area contributed by atoms with Crippen molar-refractivity contribution in [3.63, 3.8) is 0 Å². The molecule has 0 bridgehead atoms. The first-order valence-corrected chi connectivity index (χ1v) is 7.33. The van der Waals surface area contributed by atoms with E-state index in [1.54, 1.807) is 11.3 Å². The maximum atomic E-state index is 5.33. The molecule has 96 valence electrons. The van der Waals surface area contributed by atoms with Crippen molar-refractivity contribution < 1.29 is 4.74 Å². The van der Waals surface area contributed by atoms with Crippen LogP contribution in [-0.2, 0) is 11.3 Å². The lowest BCUT2D eigenvalue weighted by molar-refractivity contribution is 0.0374. The Morgan fingerprint density at radius 2 is 2.18 bits per heavy atom. The van der Waals surface area contributed by atoms with E-state index < -0.39 is 0 Å². The Morgan fingerprint density at radius 3 is 2.88 bits per heavy atom. The van der Waals surface area contributed by atoms with E-state index in [2.05, 4.69) is 27.9 Å². The van der Waals surface area contributed by atoms with Gasteiger partial charge in [-0.2, -0.15) is 11.3 Å². The second kappa shape index (κ2) is 7.11. The molecule has 0 atom stereocenters. The Kier molecular flexibility index (Phi) is 5.45. The van der Waals surface area contributed by atoms with Crippen molar-refractivity contribution in [1.82, 2.24) is 10.2 Å². The third-order valence-corrected chi connectivity index (χ3v) is 4.12. The number of nitrogens with zero attached hydrogens (tertiary/aromatic N) is 1. The molecule has 2 heterocycles. The second-order valence-corrected chi connectivity index (χ2v) is 5.31. The van der Waals surface area contributed by atoms with Gasteiger partial charge in [-0.15, -0.1) is 0 Å². The topological polar surface area (TPSA) is 24.5 Å². The van der Waals surface area contributed by atoms with Crippen molar-refractivity contribution in [2.75, 3.05) is 39.4 Å². The Balaban J connectivity index is 1.53. The Hall–Kier alpha value is -0.420. The number of rotatable bonds is 6. The molecule has 1 aliphatic rings. The largest absolute Gasteiger partial charge is 0.379 e. The minimum Gasteiger partial charge on any atom is -0.379 e. The highest BCUT2D eigenvalue weighted by molar-refractivity contribution is 7.08. The third kappa shape index (κ3) is 4.39. The first-order valence-electron chi connectivity index (χ1n) is 6.39. The van der Waals surface area contributed by atoms with E-state index in [1.807, 2.05) is 0 Å². The predicted octanol–water partition coefficient (Wildman–Crippen LogP) is 1.87. The lowest BCUT2D eigenvalue weighted by Crippen LogP contribution is -2.37. The van der Waals surface area contributed by atoms with E-state index in [-0.39, 0.29) is 0 Å². The fraction of sp³-hybridized carbons (Fsp3) is 0.692. The number of hydrogen-bond acceptors (Lipinski definition) is 4. The molecule has 1 N–H and O–H groups in total. The van der Waals surface area contributed by atoms with Gasteiger partial charge in [-0.1, -0.05) is 0 Å². The van der Waals surface area contributed by atoms with Gasteiger partial charge in [0.25, 0.3) is 0 Å². The summed E-state index contributed by atoms with van der Waals surface area (Å²) >= 11 is 1.79. The van der Waals surface area contributed by atoms with Gasteiger partial charge in [0.1, 0.15) is 0 Å². The predicted molar refractivity (Wildman–Crippen MR) is 72.6 cm³/mol. The number of morpholine rings is 1. The van der Waals surface area contributed by atoms with Crippen molar-refractivity contribution in [3.8, 4) is 0 Å². The molecule has 1 fully saturated rings. The number of ether oxygens (including phenoxy) is 1. The van der Waals surface area contributed by atoms with Crippen LogP contribution in [0, 0.1) is 6.92 Å². The molecule has 1 saturated heterocycles. The van der Waals surface area contributed by atoms with Crippen LogP contribution >= 0.6 is 11.3 Å². The monoisotopic (exact) mass is 254 g/mol. The standard InChI is InChI=1S/C13H22N2OS/c1-12-10-17-11-13(12)9-14-3-2-4-15-5-7-16-8-6-15/h10-11,14H,2-9H2,1H3. The fourth-order valence-electron chi connectivity index (χ4n) is 2.04. The molecule has 0 unspecified atom stereocenters. The van der Waals surface area contributed by atoms with Crippen molar-refractivity contribution in [2.24, 2.45) is 0 Å². The summed E-state index contributed by atoms with van der Waals surface area (Å²) in [6, 6.07) is 0. The van der Waals surface area contributed by atoms with Crippen LogP contribution in [0.1, 0.15) is 17.5 Å². The maximum Gasteiger partial charge on any atom is 0.0594 e. The molecule has 17 heavy (non-hydrogen) atoms. The molecule has 1 aliphatic heterocycles. The van der Waals surface area contributed by atoms with Crippen molar-refractivity contribution in [2.45, 2.75) is 19.9 Å². The first-order chi connectivity index (χ1) is 8.36. The number of aryl methyl sites for hydroxylation is 1. The maximum absolute atomic E-state index is 5.33. The van der Waals surface area contributed by atoms with Crippen molar-refractivity contribution >= 4 is 11.3 Å². The van der Waals surface area contributed by atoms with Crippen molar-refractivity contribution in [3.05, 3.63) is 21.9 Å². The van der Waals surface area contributed by atoms with Crippen LogP contribution in [0.5, 0.6) is 0 Å². The average Bonchev–Trinajstić information content (AvgIpc) is 2.76. The van der Waals surface area contributed by atoms with E-state index in [0.717, 1.165) is 39.4 Å². The highest BCUT2D eigenvalue weighted by Crippen LogP contribution is 2.12. The lowest BCUT2D eigenvalue weighted by Gasteiger charge is -2.26. The van der Waals surface area contributed by atoms with Gasteiger partial charge in [-0.3, -0.25) is 4.90 Å². The Bertz CT molecular complexity index is 321. The lowest BCUT2D eigenvalue weighted by atomic mass is 10.2. The van der Waals surface area contributed by atoms with Crippen LogP contribution in [0.15, 0.2) is 10.8 Å². The zero-order valence-electron chi connectivity index (χ0n) is 10.6. The Labute approximate surface area is 108 Å². The summed E-state index contributed by atoms with van der Waals surface area (Å²) in [4.78, 5) is 2.49. The summed E-state index contributed by atoms with van der Waals surface area (Å²) in [6.45, 7) is 9.50. The second-order valence-electron chi connectivity index (χ2n) is 4.56. The van der Waals surface area contributed by atoms with E-state index >= 15 is 0 Å². The number of hydrogen-bond donors (Lipinski definition) is 1. The summed E-state index contributed by atoms with van der Waals surface area (Å²) < 4.78 is 5.33. The van der Waals surface area contributed by atoms with Gasteiger partial charge in [0.15, 0.2) is 0 Å². The molecule has 0 amide bonds. The molecule has 0 saturated carbocycles. The smallest absolute Gasteiger partial charge is 0.0594 e. The van der Waals surface area contributed by atoms with E-state index in [9.17, 15) is 0 Å². The quantitative estimate of drug-likeness (QED) is 0.784. The van der Waals surface area contributed by atoms with E-state index in [4.69, 9.17) is 4.74 Å². The van der Waals surface area contributed by atoms with Crippen LogP contribution in [-0.4, -0.2) is 44.3 Å². The average molecular weight is 254 g/mol. The molecule has 4 heteroatoms. The molecule has 0 aromatic carbocycles. The number of nitrogens with one attached hydrogen (secondary N) is 1. The highest BCUT2D eigenvalue weighted by atomic mass is 32.1. The molecule has 1 aromatic rings. The van der Waals surface area contributed by atoms with Gasteiger partial charge in [-0.05, 0) is 48.3 Å². The summed E-state index contributed by atoms with van der Waals surface area (Å²) in [6.07, 6.45) is 1.23. The molecule has 1 aromatic heterocycles. The first kappa shape index (κ1) is 13.0. The summed E-state index contributed by atoms with van der Waals surface area (Å²) in [7, 11) is 0. The summed E-state index contributed by atoms with van der Waals surface area (Å²) in [5, 5.41) is 7.97. The molecule has 0 aliphatic carbocycles. The molecule has 3 nitrogen and oxygen atoms in total. The Morgan fingerprint density at radius 1 is 1.35 bits per heavy atom. The van der Waals surface area contributed by atoms with Crippen LogP contribution in [0.2, 0.25) is 0 Å². The van der Waals surface area contributed by atoms with Crippen molar-refractivity contribution in [1.29, 1.82) is 0 Å². The van der Waals surface area contributed by atoms with Gasteiger partial charge in [0.05, 0.1) is 13.2 Å².